The van der Waals surface area contributed by atoms with E-state index in [1.54, 1.807) is 12.3 Å². The summed E-state index contributed by atoms with van der Waals surface area (Å²) in [7, 11) is 0. The highest BCUT2D eigenvalue weighted by atomic mass is 16.1. The van der Waals surface area contributed by atoms with Gasteiger partial charge in [0.15, 0.2) is 5.78 Å². The van der Waals surface area contributed by atoms with Gasteiger partial charge in [-0.3, -0.25) is 9.89 Å². The Bertz CT molecular complexity index is 960. The second-order valence-electron chi connectivity index (χ2n) is 7.90. The molecule has 0 saturated heterocycles. The van der Waals surface area contributed by atoms with E-state index < -0.39 is 5.41 Å². The van der Waals surface area contributed by atoms with Crippen molar-refractivity contribution in [3.63, 3.8) is 0 Å². The van der Waals surface area contributed by atoms with Crippen LogP contribution in [0.2, 0.25) is 0 Å². The third kappa shape index (κ3) is 2.21. The first kappa shape index (κ1) is 15.6. The summed E-state index contributed by atoms with van der Waals surface area (Å²) < 4.78 is 0. The van der Waals surface area contributed by atoms with Crippen molar-refractivity contribution < 1.29 is 4.79 Å². The van der Waals surface area contributed by atoms with Gasteiger partial charge in [-0.1, -0.05) is 26.0 Å². The first-order valence-electron chi connectivity index (χ1n) is 8.43. The van der Waals surface area contributed by atoms with Crippen molar-refractivity contribution in [1.29, 1.82) is 5.26 Å². The number of nitrogens with zero attached hydrogens (tertiary/aromatic N) is 2. The number of Topliss-reactive ketones (excluding diaryl/α,β-unsaturated/α-hetero) is 1. The number of anilines is 1. The number of carbonyl (C=O) groups is 1. The molecule has 1 unspecified atom stereocenters. The molecule has 25 heavy (non-hydrogen) atoms. The van der Waals surface area contributed by atoms with E-state index in [4.69, 9.17) is 0 Å². The van der Waals surface area contributed by atoms with Gasteiger partial charge in [-0.25, -0.2) is 0 Å². The second-order valence-corrected chi connectivity index (χ2v) is 7.90. The van der Waals surface area contributed by atoms with Crippen LogP contribution in [0.5, 0.6) is 0 Å². The molecular formula is C20H20N4O. The molecule has 1 aliphatic carbocycles. The highest BCUT2D eigenvalue weighted by Gasteiger charge is 2.48. The Labute approximate surface area is 146 Å². The van der Waals surface area contributed by atoms with E-state index in [9.17, 15) is 10.1 Å². The average Bonchev–Trinajstić information content (AvgIpc) is 3.02. The molecule has 2 aliphatic rings. The maximum atomic E-state index is 13.1. The lowest BCUT2D eigenvalue weighted by atomic mass is 9.62. The molecule has 1 aromatic carbocycles. The van der Waals surface area contributed by atoms with Gasteiger partial charge in [-0.2, -0.15) is 10.4 Å². The number of aromatic nitrogens is 2. The average molecular weight is 332 g/mol. The Morgan fingerprint density at radius 3 is 2.80 bits per heavy atom. The first-order chi connectivity index (χ1) is 11.8. The predicted molar refractivity (Wildman–Crippen MR) is 94.9 cm³/mol. The number of hydrogen-bond acceptors (Lipinski definition) is 4. The molecule has 2 heterocycles. The molecule has 0 fully saturated rings. The van der Waals surface area contributed by atoms with Crippen LogP contribution < -0.4 is 5.32 Å². The molecule has 1 atom stereocenters. The van der Waals surface area contributed by atoms with Gasteiger partial charge in [0.05, 0.1) is 23.2 Å². The molecule has 1 aliphatic heterocycles. The van der Waals surface area contributed by atoms with E-state index in [2.05, 4.69) is 42.4 Å². The van der Waals surface area contributed by atoms with Gasteiger partial charge in [-0.15, -0.1) is 0 Å². The number of rotatable bonds is 1. The van der Waals surface area contributed by atoms with E-state index >= 15 is 0 Å². The first-order valence-corrected chi connectivity index (χ1v) is 8.43. The van der Waals surface area contributed by atoms with Crippen molar-refractivity contribution in [2.24, 2.45) is 5.41 Å². The molecule has 4 rings (SSSR count). The summed E-state index contributed by atoms with van der Waals surface area (Å²) in [6.07, 6.45) is 3.10. The van der Waals surface area contributed by atoms with Gasteiger partial charge in [0.1, 0.15) is 5.82 Å². The standard InChI is InChI=1S/C20H20N4O/c1-19(2)8-15-17(16(25)9-19)20(3,14-11-22-24-18(14)23-15)13-6-4-5-12(7-13)10-21/h4-7,11H,8-9H2,1-3H3,(H2,22,23,24). The van der Waals surface area contributed by atoms with Crippen LogP contribution >= 0.6 is 0 Å². The Morgan fingerprint density at radius 1 is 1.24 bits per heavy atom. The Kier molecular flexibility index (Phi) is 3.17. The van der Waals surface area contributed by atoms with Crippen LogP contribution in [0, 0.1) is 16.7 Å². The summed E-state index contributed by atoms with van der Waals surface area (Å²) in [4.78, 5) is 13.1. The normalized spacial score (nSPS) is 24.2. The minimum Gasteiger partial charge on any atom is -0.343 e. The quantitative estimate of drug-likeness (QED) is 0.835. The van der Waals surface area contributed by atoms with Gasteiger partial charge >= 0.3 is 0 Å². The SMILES string of the molecule is CC1(C)CC(=O)C2=C(C1)Nc1[nH]ncc1C2(C)c1cccc(C#N)c1. The lowest BCUT2D eigenvalue weighted by Gasteiger charge is -2.43. The number of benzene rings is 1. The van der Waals surface area contributed by atoms with Crippen molar-refractivity contribution in [3.05, 3.63) is 58.4 Å². The summed E-state index contributed by atoms with van der Waals surface area (Å²) in [6.45, 7) is 6.29. The molecule has 5 heteroatoms. The molecule has 0 radical (unpaired) electrons. The van der Waals surface area contributed by atoms with E-state index in [0.717, 1.165) is 34.6 Å². The largest absolute Gasteiger partial charge is 0.343 e. The third-order valence-corrected chi connectivity index (χ3v) is 5.40. The monoisotopic (exact) mass is 332 g/mol. The highest BCUT2D eigenvalue weighted by molar-refractivity contribution is 6.02. The second kappa shape index (κ2) is 5.06. The Hall–Kier alpha value is -2.87. The van der Waals surface area contributed by atoms with E-state index in [1.807, 2.05) is 18.2 Å². The summed E-state index contributed by atoms with van der Waals surface area (Å²) >= 11 is 0. The van der Waals surface area contributed by atoms with Crippen molar-refractivity contribution in [2.45, 2.75) is 39.0 Å². The molecule has 0 spiro atoms. The number of H-pyrrole nitrogens is 1. The third-order valence-electron chi connectivity index (χ3n) is 5.40. The molecule has 2 N–H and O–H groups in total. The van der Waals surface area contributed by atoms with Crippen LogP contribution in [0.3, 0.4) is 0 Å². The summed E-state index contributed by atoms with van der Waals surface area (Å²) in [5, 5.41) is 19.9. The van der Waals surface area contributed by atoms with Crippen LogP contribution in [0.1, 0.15) is 50.3 Å². The topological polar surface area (TPSA) is 81.6 Å². The lowest BCUT2D eigenvalue weighted by Crippen LogP contribution is -2.41. The molecule has 0 saturated carbocycles. The minimum atomic E-state index is -0.622. The fourth-order valence-electron chi connectivity index (χ4n) is 4.25. The highest BCUT2D eigenvalue weighted by Crippen LogP contribution is 2.51. The lowest BCUT2D eigenvalue weighted by molar-refractivity contribution is -0.118. The summed E-state index contributed by atoms with van der Waals surface area (Å²) in [6, 6.07) is 9.72. The van der Waals surface area contributed by atoms with Crippen LogP contribution in [-0.4, -0.2) is 16.0 Å². The number of ketones is 1. The molecule has 5 nitrogen and oxygen atoms in total. The fraction of sp³-hybridized carbons (Fsp3) is 0.350. The van der Waals surface area contributed by atoms with Gasteiger partial charge in [-0.05, 0) is 36.5 Å². The van der Waals surface area contributed by atoms with Crippen molar-refractivity contribution in [2.75, 3.05) is 5.32 Å². The van der Waals surface area contributed by atoms with E-state index in [0.29, 0.717) is 12.0 Å². The van der Waals surface area contributed by atoms with Crippen LogP contribution in [0.25, 0.3) is 0 Å². The molecule has 2 aromatic rings. The number of aromatic amines is 1. The van der Waals surface area contributed by atoms with E-state index in [1.165, 1.54) is 0 Å². The zero-order chi connectivity index (χ0) is 17.8. The molecular weight excluding hydrogens is 312 g/mol. The fourth-order valence-corrected chi connectivity index (χ4v) is 4.25. The zero-order valence-corrected chi connectivity index (χ0v) is 14.6. The molecule has 0 amide bonds. The zero-order valence-electron chi connectivity index (χ0n) is 14.6. The number of fused-ring (bicyclic) bond motifs is 1. The number of nitriles is 1. The summed E-state index contributed by atoms with van der Waals surface area (Å²) in [5.41, 5.74) is 3.54. The maximum Gasteiger partial charge on any atom is 0.162 e. The van der Waals surface area contributed by atoms with Crippen molar-refractivity contribution in [3.8, 4) is 6.07 Å². The van der Waals surface area contributed by atoms with Gasteiger partial charge in [0.2, 0.25) is 0 Å². The van der Waals surface area contributed by atoms with Crippen LogP contribution in [0.4, 0.5) is 5.82 Å². The smallest absolute Gasteiger partial charge is 0.162 e. The van der Waals surface area contributed by atoms with Crippen LogP contribution in [0.15, 0.2) is 41.7 Å². The van der Waals surface area contributed by atoms with Crippen LogP contribution in [-0.2, 0) is 10.2 Å². The van der Waals surface area contributed by atoms with Gasteiger partial charge in [0.25, 0.3) is 0 Å². The number of nitrogens with one attached hydrogen (secondary N) is 2. The van der Waals surface area contributed by atoms with Gasteiger partial charge < -0.3 is 5.32 Å². The Morgan fingerprint density at radius 2 is 2.04 bits per heavy atom. The Balaban J connectivity index is 2.00. The maximum absolute atomic E-state index is 13.1. The molecule has 0 bridgehead atoms. The van der Waals surface area contributed by atoms with E-state index in [-0.39, 0.29) is 11.2 Å². The number of allylic oxidation sites excluding steroid dienone is 2. The van der Waals surface area contributed by atoms with Crippen molar-refractivity contribution >= 4 is 11.6 Å². The summed E-state index contributed by atoms with van der Waals surface area (Å²) in [5.74, 6) is 0.990. The minimum absolute atomic E-state index is 0.0736. The predicted octanol–water partition coefficient (Wildman–Crippen LogP) is 3.66. The van der Waals surface area contributed by atoms with Gasteiger partial charge in [0, 0.05) is 23.3 Å². The number of carbonyl (C=O) groups excluding carboxylic acids is 1. The van der Waals surface area contributed by atoms with Crippen molar-refractivity contribution in [1.82, 2.24) is 10.2 Å². The molecule has 1 aromatic heterocycles. The number of hydrogen-bond donors (Lipinski definition) is 2. The molecule has 126 valence electrons.